The topological polar surface area (TPSA) is 67.6 Å². The van der Waals surface area contributed by atoms with Crippen molar-refractivity contribution in [2.24, 2.45) is 11.1 Å². The molecule has 18 heavy (non-hydrogen) atoms. The molecule has 1 aliphatic carbocycles. The number of nitrogens with zero attached hydrogens (tertiary/aromatic N) is 3. The first-order chi connectivity index (χ1) is 8.78. The van der Waals surface area contributed by atoms with E-state index in [0.717, 1.165) is 36.0 Å². The predicted molar refractivity (Wildman–Crippen MR) is 69.5 cm³/mol. The van der Waals surface area contributed by atoms with Gasteiger partial charge in [0.1, 0.15) is 5.65 Å². The molecule has 2 N–H and O–H groups in total. The number of aromatic nitrogens is 2. The molecule has 0 saturated heterocycles. The molecule has 2 aromatic heterocycles. The van der Waals surface area contributed by atoms with Crippen molar-refractivity contribution < 1.29 is 0 Å². The van der Waals surface area contributed by atoms with Crippen molar-refractivity contribution in [3.05, 3.63) is 30.1 Å². The van der Waals surface area contributed by atoms with E-state index in [4.69, 9.17) is 11.0 Å². The number of hydrogen-bond donors (Lipinski definition) is 1. The van der Waals surface area contributed by atoms with E-state index in [1.165, 1.54) is 0 Å². The van der Waals surface area contributed by atoms with Crippen molar-refractivity contribution in [1.82, 2.24) is 9.55 Å². The normalized spacial score (nSPS) is 16.7. The summed E-state index contributed by atoms with van der Waals surface area (Å²) in [5.41, 5.74) is 8.08. The Morgan fingerprint density at radius 1 is 1.50 bits per heavy atom. The molecule has 1 aliphatic rings. The number of hydrogen-bond acceptors (Lipinski definition) is 3. The van der Waals surface area contributed by atoms with Crippen LogP contribution in [0.25, 0.3) is 11.0 Å². The molecule has 0 radical (unpaired) electrons. The molecule has 3 rings (SSSR count). The van der Waals surface area contributed by atoms with Crippen LogP contribution in [0.15, 0.2) is 24.5 Å². The highest BCUT2D eigenvalue weighted by Gasteiger charge is 2.42. The van der Waals surface area contributed by atoms with Gasteiger partial charge in [0.15, 0.2) is 0 Å². The van der Waals surface area contributed by atoms with Crippen LogP contribution in [0.1, 0.15) is 24.8 Å². The fraction of sp³-hybridized carbons (Fsp3) is 0.429. The van der Waals surface area contributed by atoms with Gasteiger partial charge in [-0.25, -0.2) is 4.98 Å². The summed E-state index contributed by atoms with van der Waals surface area (Å²) in [5, 5.41) is 10.0. The monoisotopic (exact) mass is 240 g/mol. The molecule has 1 saturated carbocycles. The van der Waals surface area contributed by atoms with E-state index in [0.29, 0.717) is 13.0 Å². The van der Waals surface area contributed by atoms with Crippen LogP contribution in [0.2, 0.25) is 0 Å². The van der Waals surface area contributed by atoms with E-state index >= 15 is 0 Å². The number of nitriles is 1. The van der Waals surface area contributed by atoms with Crippen molar-refractivity contribution in [2.45, 2.75) is 32.4 Å². The Kier molecular flexibility index (Phi) is 2.57. The lowest BCUT2D eigenvalue weighted by molar-refractivity contribution is 0.438. The van der Waals surface area contributed by atoms with Crippen molar-refractivity contribution in [3.63, 3.8) is 0 Å². The zero-order chi connectivity index (χ0) is 12.6. The minimum atomic E-state index is 0.185. The van der Waals surface area contributed by atoms with Gasteiger partial charge in [0.25, 0.3) is 0 Å². The summed E-state index contributed by atoms with van der Waals surface area (Å²) >= 11 is 0. The highest BCUT2D eigenvalue weighted by Crippen LogP contribution is 2.50. The minimum absolute atomic E-state index is 0.185. The quantitative estimate of drug-likeness (QED) is 0.890. The summed E-state index contributed by atoms with van der Waals surface area (Å²) < 4.78 is 2.17. The van der Waals surface area contributed by atoms with Crippen molar-refractivity contribution in [1.29, 1.82) is 5.26 Å². The Hall–Kier alpha value is -1.86. The van der Waals surface area contributed by atoms with Crippen molar-refractivity contribution in [3.8, 4) is 6.07 Å². The van der Waals surface area contributed by atoms with Gasteiger partial charge >= 0.3 is 0 Å². The van der Waals surface area contributed by atoms with Crippen LogP contribution in [-0.2, 0) is 13.1 Å². The fourth-order valence-electron chi connectivity index (χ4n) is 2.58. The summed E-state index contributed by atoms with van der Waals surface area (Å²) in [4.78, 5) is 4.45. The van der Waals surface area contributed by atoms with Crippen LogP contribution in [0, 0.1) is 16.7 Å². The largest absolute Gasteiger partial charge is 0.332 e. The van der Waals surface area contributed by atoms with Crippen molar-refractivity contribution in [2.75, 3.05) is 0 Å². The Morgan fingerprint density at radius 2 is 2.33 bits per heavy atom. The van der Waals surface area contributed by atoms with Gasteiger partial charge in [-0.2, -0.15) is 5.26 Å². The fourth-order valence-corrected chi connectivity index (χ4v) is 2.58. The van der Waals surface area contributed by atoms with E-state index in [9.17, 15) is 0 Å². The van der Waals surface area contributed by atoms with Crippen LogP contribution >= 0.6 is 0 Å². The summed E-state index contributed by atoms with van der Waals surface area (Å²) in [6, 6.07) is 6.30. The van der Waals surface area contributed by atoms with Gasteiger partial charge in [0.05, 0.1) is 6.07 Å². The third-order valence-electron chi connectivity index (χ3n) is 3.85. The third-order valence-corrected chi connectivity index (χ3v) is 3.85. The molecular formula is C14H16N4. The highest BCUT2D eigenvalue weighted by molar-refractivity contribution is 5.80. The molecule has 92 valence electrons. The number of nitrogens with two attached hydrogens (primary N) is 1. The summed E-state index contributed by atoms with van der Waals surface area (Å²) in [5.74, 6) is 0. The summed E-state index contributed by atoms with van der Waals surface area (Å²) in [6.45, 7) is 1.41. The molecule has 0 spiro atoms. The standard InChI is InChI=1S/C14H16N4/c15-6-5-14(3-4-14)10-18-9-11(8-16)12-2-1-7-17-13(12)18/h1-2,7,9H,3-5,8,10,16H2. The predicted octanol–water partition coefficient (Wildman–Crippen LogP) is 2.19. The molecule has 0 aliphatic heterocycles. The second kappa shape index (κ2) is 4.11. The van der Waals surface area contributed by atoms with Crippen molar-refractivity contribution >= 4 is 11.0 Å². The lowest BCUT2D eigenvalue weighted by Gasteiger charge is -2.12. The van der Waals surface area contributed by atoms with E-state index in [1.54, 1.807) is 0 Å². The number of fused-ring (bicyclic) bond motifs is 1. The Morgan fingerprint density at radius 3 is 3.00 bits per heavy atom. The van der Waals surface area contributed by atoms with Gasteiger partial charge in [-0.05, 0) is 30.5 Å². The molecule has 2 aromatic rings. The van der Waals surface area contributed by atoms with Gasteiger partial charge in [-0.1, -0.05) is 0 Å². The molecule has 0 bridgehead atoms. The lowest BCUT2D eigenvalue weighted by Crippen LogP contribution is -2.10. The van der Waals surface area contributed by atoms with Gasteiger partial charge in [0.2, 0.25) is 0 Å². The number of pyridine rings is 1. The lowest BCUT2D eigenvalue weighted by atomic mass is 10.0. The first-order valence-corrected chi connectivity index (χ1v) is 6.28. The smallest absolute Gasteiger partial charge is 0.140 e. The molecule has 0 unspecified atom stereocenters. The Labute approximate surface area is 106 Å². The average Bonchev–Trinajstić information content (AvgIpc) is 3.05. The molecular weight excluding hydrogens is 224 g/mol. The van der Waals surface area contributed by atoms with Gasteiger partial charge in [0, 0.05) is 42.7 Å². The Bertz CT molecular complexity index is 616. The molecule has 4 nitrogen and oxygen atoms in total. The van der Waals surface area contributed by atoms with E-state index in [1.807, 2.05) is 12.3 Å². The van der Waals surface area contributed by atoms with Gasteiger partial charge in [-0.3, -0.25) is 0 Å². The Balaban J connectivity index is 2.00. The van der Waals surface area contributed by atoms with Gasteiger partial charge < -0.3 is 10.3 Å². The summed E-state index contributed by atoms with van der Waals surface area (Å²) in [7, 11) is 0. The first kappa shape index (κ1) is 11.2. The maximum absolute atomic E-state index is 8.89. The second-order valence-electron chi connectivity index (χ2n) is 5.20. The van der Waals surface area contributed by atoms with Crippen LogP contribution in [0.3, 0.4) is 0 Å². The van der Waals surface area contributed by atoms with Crippen LogP contribution < -0.4 is 5.73 Å². The molecule has 2 heterocycles. The first-order valence-electron chi connectivity index (χ1n) is 6.28. The average molecular weight is 240 g/mol. The van der Waals surface area contributed by atoms with Gasteiger partial charge in [-0.15, -0.1) is 0 Å². The zero-order valence-corrected chi connectivity index (χ0v) is 10.3. The summed E-state index contributed by atoms with van der Waals surface area (Å²) in [6.07, 6.45) is 6.83. The molecule has 1 fully saturated rings. The van der Waals surface area contributed by atoms with E-state index < -0.39 is 0 Å². The molecule has 0 atom stereocenters. The third kappa shape index (κ3) is 1.77. The number of rotatable bonds is 4. The highest BCUT2D eigenvalue weighted by atomic mass is 15.0. The molecule has 0 aromatic carbocycles. The minimum Gasteiger partial charge on any atom is -0.332 e. The SMILES string of the molecule is N#CCC1(Cn2cc(CN)c3cccnc32)CC1. The van der Waals surface area contributed by atoms with E-state index in [2.05, 4.69) is 27.9 Å². The molecule has 0 amide bonds. The maximum Gasteiger partial charge on any atom is 0.140 e. The zero-order valence-electron chi connectivity index (χ0n) is 10.3. The van der Waals surface area contributed by atoms with Crippen LogP contribution in [-0.4, -0.2) is 9.55 Å². The second-order valence-corrected chi connectivity index (χ2v) is 5.20. The molecule has 4 heteroatoms. The van der Waals surface area contributed by atoms with E-state index in [-0.39, 0.29) is 5.41 Å². The van der Waals surface area contributed by atoms with Crippen LogP contribution in [0.4, 0.5) is 0 Å². The van der Waals surface area contributed by atoms with Crippen LogP contribution in [0.5, 0.6) is 0 Å². The maximum atomic E-state index is 8.89.